The molecule has 2 nitrogen and oxygen atoms in total. The quantitative estimate of drug-likeness (QED) is 0.849. The van der Waals surface area contributed by atoms with Crippen molar-refractivity contribution in [3.8, 4) is 0 Å². The average Bonchev–Trinajstić information content (AvgIpc) is 2.33. The lowest BCUT2D eigenvalue weighted by Crippen LogP contribution is -2.38. The van der Waals surface area contributed by atoms with Crippen molar-refractivity contribution in [2.24, 2.45) is 5.73 Å². The van der Waals surface area contributed by atoms with Gasteiger partial charge in [-0.1, -0.05) is 6.07 Å². The fourth-order valence-electron chi connectivity index (χ4n) is 2.64. The Balaban J connectivity index is 2.08. The van der Waals surface area contributed by atoms with Gasteiger partial charge in [0.1, 0.15) is 0 Å². The summed E-state index contributed by atoms with van der Waals surface area (Å²) in [6.45, 7) is 4.35. The lowest BCUT2D eigenvalue weighted by Gasteiger charge is -2.35. The van der Waals surface area contributed by atoms with Crippen LogP contribution in [0.4, 0.5) is 5.69 Å². The van der Waals surface area contributed by atoms with Gasteiger partial charge in [-0.15, -0.1) is 0 Å². The molecule has 1 aliphatic carbocycles. The largest absolute Gasteiger partial charge is 0.372 e. The van der Waals surface area contributed by atoms with Crippen molar-refractivity contribution >= 4 is 5.69 Å². The van der Waals surface area contributed by atoms with Crippen molar-refractivity contribution in [3.05, 3.63) is 29.3 Å². The van der Waals surface area contributed by atoms with Gasteiger partial charge in [-0.25, -0.2) is 0 Å². The molecule has 0 heterocycles. The van der Waals surface area contributed by atoms with Gasteiger partial charge in [0.25, 0.3) is 0 Å². The first-order chi connectivity index (χ1) is 8.08. The molecule has 0 aliphatic heterocycles. The molecule has 2 N–H and O–H groups in total. The monoisotopic (exact) mass is 232 g/mol. The summed E-state index contributed by atoms with van der Waals surface area (Å²) >= 11 is 0. The fraction of sp³-hybridized carbons (Fsp3) is 0.600. The Morgan fingerprint density at radius 3 is 2.29 bits per heavy atom. The Morgan fingerprint density at radius 1 is 1.06 bits per heavy atom. The molecule has 0 amide bonds. The highest BCUT2D eigenvalue weighted by molar-refractivity contribution is 5.50. The van der Waals surface area contributed by atoms with Crippen LogP contribution in [0.15, 0.2) is 18.2 Å². The third-order valence-corrected chi connectivity index (χ3v) is 4.19. The van der Waals surface area contributed by atoms with Crippen LogP contribution in [0.1, 0.15) is 36.8 Å². The van der Waals surface area contributed by atoms with Gasteiger partial charge in [-0.05, 0) is 62.8 Å². The van der Waals surface area contributed by atoms with Gasteiger partial charge in [0, 0.05) is 24.8 Å². The molecule has 2 heteroatoms. The van der Waals surface area contributed by atoms with E-state index in [0.717, 1.165) is 0 Å². The maximum atomic E-state index is 5.96. The summed E-state index contributed by atoms with van der Waals surface area (Å²) in [5.41, 5.74) is 10.0. The number of aryl methyl sites for hydroxylation is 2. The molecule has 1 aromatic carbocycles. The van der Waals surface area contributed by atoms with E-state index in [9.17, 15) is 0 Å². The first-order valence-electron chi connectivity index (χ1n) is 6.63. The number of nitrogens with two attached hydrogens (primary N) is 1. The Hall–Kier alpha value is -1.02. The summed E-state index contributed by atoms with van der Waals surface area (Å²) in [4.78, 5) is 2.43. The predicted octanol–water partition coefficient (Wildman–Crippen LogP) is 3.01. The molecular formula is C15H24N2. The smallest absolute Gasteiger partial charge is 0.0368 e. The van der Waals surface area contributed by atoms with E-state index in [1.807, 2.05) is 0 Å². The number of rotatable bonds is 2. The van der Waals surface area contributed by atoms with Crippen LogP contribution in [0.25, 0.3) is 0 Å². The third kappa shape index (κ3) is 2.81. The molecule has 0 atom stereocenters. The molecule has 0 saturated heterocycles. The second-order valence-electron chi connectivity index (χ2n) is 5.45. The number of anilines is 1. The second kappa shape index (κ2) is 5.09. The van der Waals surface area contributed by atoms with Crippen molar-refractivity contribution in [1.29, 1.82) is 0 Å². The van der Waals surface area contributed by atoms with E-state index in [1.165, 1.54) is 42.5 Å². The van der Waals surface area contributed by atoms with Gasteiger partial charge in [0.15, 0.2) is 0 Å². The first-order valence-corrected chi connectivity index (χ1v) is 6.63. The molecule has 1 fully saturated rings. The second-order valence-corrected chi connectivity index (χ2v) is 5.45. The summed E-state index contributed by atoms with van der Waals surface area (Å²) in [6, 6.07) is 7.84. The van der Waals surface area contributed by atoms with Crippen LogP contribution in [-0.4, -0.2) is 19.1 Å². The Bertz CT molecular complexity index is 379. The van der Waals surface area contributed by atoms with Crippen molar-refractivity contribution in [1.82, 2.24) is 0 Å². The van der Waals surface area contributed by atoms with Crippen LogP contribution in [-0.2, 0) is 0 Å². The van der Waals surface area contributed by atoms with E-state index in [-0.39, 0.29) is 0 Å². The van der Waals surface area contributed by atoms with Crippen molar-refractivity contribution < 1.29 is 0 Å². The third-order valence-electron chi connectivity index (χ3n) is 4.19. The van der Waals surface area contributed by atoms with Crippen LogP contribution in [0.2, 0.25) is 0 Å². The SMILES string of the molecule is Cc1ccc(N(C)C2CCC(N)CC2)cc1C. The van der Waals surface area contributed by atoms with E-state index in [0.29, 0.717) is 12.1 Å². The minimum absolute atomic E-state index is 0.430. The van der Waals surface area contributed by atoms with Gasteiger partial charge in [-0.3, -0.25) is 0 Å². The standard InChI is InChI=1S/C15H24N2/c1-11-4-7-15(10-12(11)2)17(3)14-8-5-13(16)6-9-14/h4,7,10,13-14H,5-6,8-9,16H2,1-3H3. The van der Waals surface area contributed by atoms with E-state index < -0.39 is 0 Å². The van der Waals surface area contributed by atoms with E-state index >= 15 is 0 Å². The maximum Gasteiger partial charge on any atom is 0.0368 e. The highest BCUT2D eigenvalue weighted by Gasteiger charge is 2.22. The lowest BCUT2D eigenvalue weighted by atomic mass is 9.90. The molecule has 0 unspecified atom stereocenters. The fourth-order valence-corrected chi connectivity index (χ4v) is 2.64. The van der Waals surface area contributed by atoms with Gasteiger partial charge in [0.05, 0.1) is 0 Å². The van der Waals surface area contributed by atoms with E-state index in [2.05, 4.69) is 44.0 Å². The molecular weight excluding hydrogens is 208 g/mol. The van der Waals surface area contributed by atoms with Crippen molar-refractivity contribution in [2.45, 2.75) is 51.6 Å². The first kappa shape index (κ1) is 12.4. The molecule has 94 valence electrons. The molecule has 0 spiro atoms. The topological polar surface area (TPSA) is 29.3 Å². The molecule has 1 aromatic rings. The van der Waals surface area contributed by atoms with Crippen LogP contribution in [0, 0.1) is 13.8 Å². The van der Waals surface area contributed by atoms with E-state index in [4.69, 9.17) is 5.73 Å². The summed E-state index contributed by atoms with van der Waals surface area (Å²) < 4.78 is 0. The minimum atomic E-state index is 0.430. The van der Waals surface area contributed by atoms with Gasteiger partial charge >= 0.3 is 0 Å². The molecule has 2 rings (SSSR count). The normalized spacial score (nSPS) is 24.7. The van der Waals surface area contributed by atoms with E-state index in [1.54, 1.807) is 0 Å². The Labute approximate surface area is 105 Å². The van der Waals surface area contributed by atoms with Crippen LogP contribution < -0.4 is 10.6 Å². The molecule has 0 aromatic heterocycles. The summed E-state index contributed by atoms with van der Waals surface area (Å²) in [6.07, 6.45) is 4.79. The molecule has 0 radical (unpaired) electrons. The summed E-state index contributed by atoms with van der Waals surface area (Å²) in [7, 11) is 2.21. The Kier molecular flexibility index (Phi) is 3.72. The van der Waals surface area contributed by atoms with Gasteiger partial charge < -0.3 is 10.6 Å². The zero-order chi connectivity index (χ0) is 12.4. The molecule has 17 heavy (non-hydrogen) atoms. The highest BCUT2D eigenvalue weighted by Crippen LogP contribution is 2.26. The molecule has 1 aliphatic rings. The number of hydrogen-bond donors (Lipinski definition) is 1. The maximum absolute atomic E-state index is 5.96. The van der Waals surface area contributed by atoms with Crippen molar-refractivity contribution in [3.63, 3.8) is 0 Å². The van der Waals surface area contributed by atoms with Crippen LogP contribution >= 0.6 is 0 Å². The van der Waals surface area contributed by atoms with Crippen LogP contribution in [0.3, 0.4) is 0 Å². The van der Waals surface area contributed by atoms with Gasteiger partial charge in [0.2, 0.25) is 0 Å². The zero-order valence-corrected chi connectivity index (χ0v) is 11.2. The summed E-state index contributed by atoms with van der Waals surface area (Å²) in [5, 5.41) is 0. The van der Waals surface area contributed by atoms with Crippen LogP contribution in [0.5, 0.6) is 0 Å². The summed E-state index contributed by atoms with van der Waals surface area (Å²) in [5.74, 6) is 0. The zero-order valence-electron chi connectivity index (χ0n) is 11.2. The molecule has 1 saturated carbocycles. The Morgan fingerprint density at radius 2 is 1.71 bits per heavy atom. The number of hydrogen-bond acceptors (Lipinski definition) is 2. The van der Waals surface area contributed by atoms with Gasteiger partial charge in [-0.2, -0.15) is 0 Å². The minimum Gasteiger partial charge on any atom is -0.372 e. The average molecular weight is 232 g/mol. The highest BCUT2D eigenvalue weighted by atomic mass is 15.1. The van der Waals surface area contributed by atoms with Crippen molar-refractivity contribution in [2.75, 3.05) is 11.9 Å². The molecule has 0 bridgehead atoms. The lowest BCUT2D eigenvalue weighted by molar-refractivity contribution is 0.385. The predicted molar refractivity (Wildman–Crippen MR) is 74.6 cm³/mol. The number of benzene rings is 1. The number of nitrogens with zero attached hydrogens (tertiary/aromatic N) is 1.